The van der Waals surface area contributed by atoms with E-state index < -0.39 is 16.5 Å². The number of carbonyl (C=O) groups excluding carboxylic acids is 3. The van der Waals surface area contributed by atoms with E-state index in [0.29, 0.717) is 48.9 Å². The molecule has 10 heteroatoms. The first-order valence-corrected chi connectivity index (χ1v) is 15.0. The Bertz CT molecular complexity index is 1400. The van der Waals surface area contributed by atoms with Crippen LogP contribution in [0.4, 0.5) is 5.69 Å². The average molecular weight is 592 g/mol. The van der Waals surface area contributed by atoms with Gasteiger partial charge in [-0.2, -0.15) is 0 Å². The second-order valence-electron chi connectivity index (χ2n) is 9.74. The number of methoxy groups -OCH3 is 1. The molecule has 0 spiro atoms. The van der Waals surface area contributed by atoms with Crippen molar-refractivity contribution < 1.29 is 28.6 Å². The first kappa shape index (κ1) is 30.8. The molecule has 222 valence electrons. The summed E-state index contributed by atoms with van der Waals surface area (Å²) < 4.78 is 16.7. The van der Waals surface area contributed by atoms with E-state index in [2.05, 4.69) is 5.32 Å². The summed E-state index contributed by atoms with van der Waals surface area (Å²) in [7, 11) is 1.59. The van der Waals surface area contributed by atoms with Gasteiger partial charge in [-0.3, -0.25) is 19.3 Å². The summed E-state index contributed by atoms with van der Waals surface area (Å²) in [4.78, 5) is 40.2. The van der Waals surface area contributed by atoms with Gasteiger partial charge in [-0.05, 0) is 73.4 Å². The van der Waals surface area contributed by atoms with Crippen molar-refractivity contribution >= 4 is 35.2 Å². The smallest absolute Gasteiger partial charge is 0.248 e. The topological polar surface area (TPSA) is 120 Å². The highest BCUT2D eigenvalue weighted by Crippen LogP contribution is 2.47. The number of primary amides is 1. The number of nitrogens with zero attached hydrogens (tertiary/aromatic N) is 1. The Kier molecular flexibility index (Phi) is 10.7. The molecule has 3 aromatic rings. The Morgan fingerprint density at radius 1 is 1.00 bits per heavy atom. The molecule has 0 aromatic heterocycles. The number of rotatable bonds is 14. The van der Waals surface area contributed by atoms with Crippen LogP contribution in [0.3, 0.4) is 0 Å². The Morgan fingerprint density at radius 3 is 2.48 bits per heavy atom. The molecule has 0 bridgehead atoms. The number of nitrogens with two attached hydrogens (primary N) is 1. The minimum absolute atomic E-state index is 0.0243. The van der Waals surface area contributed by atoms with Gasteiger partial charge in [0.15, 0.2) is 11.5 Å². The molecule has 2 atom stereocenters. The molecule has 3 amide bonds. The highest BCUT2D eigenvalue weighted by molar-refractivity contribution is 8.01. The van der Waals surface area contributed by atoms with Gasteiger partial charge in [-0.15, -0.1) is 11.8 Å². The lowest BCUT2D eigenvalue weighted by molar-refractivity contribution is -0.124. The summed E-state index contributed by atoms with van der Waals surface area (Å²) in [5.74, 6) is 1.07. The highest BCUT2D eigenvalue weighted by atomic mass is 32.2. The minimum Gasteiger partial charge on any atom is -0.494 e. The van der Waals surface area contributed by atoms with Crippen LogP contribution in [-0.2, 0) is 16.0 Å². The van der Waals surface area contributed by atoms with Crippen LogP contribution < -0.4 is 30.2 Å². The van der Waals surface area contributed by atoms with E-state index in [1.807, 2.05) is 56.3 Å². The summed E-state index contributed by atoms with van der Waals surface area (Å²) in [6, 6.07) is 20.0. The zero-order valence-corrected chi connectivity index (χ0v) is 24.9. The second kappa shape index (κ2) is 14.6. The standard InChI is InChI=1S/C32H37N3O6S/c1-4-17-41-25-12-10-22(11-13-25)32-35(24-8-6-7-23(19-24)30(33)37)31(38)28(42-32)20-29(36)34-16-15-21-9-14-26(39-3)27(18-21)40-5-2/h6-14,18-19,28,32H,4-5,15-17,20H2,1-3H3,(H2,33,37)(H,34,36)/t28-,32+/m1/s1. The van der Waals surface area contributed by atoms with Crippen molar-refractivity contribution in [2.45, 2.75) is 43.7 Å². The van der Waals surface area contributed by atoms with E-state index in [4.69, 9.17) is 19.9 Å². The van der Waals surface area contributed by atoms with Crippen LogP contribution in [0.2, 0.25) is 0 Å². The molecular formula is C32H37N3O6S. The molecule has 42 heavy (non-hydrogen) atoms. The molecule has 1 saturated heterocycles. The normalized spacial score (nSPS) is 16.3. The van der Waals surface area contributed by atoms with E-state index in [1.54, 1.807) is 36.3 Å². The van der Waals surface area contributed by atoms with E-state index in [0.717, 1.165) is 23.3 Å². The van der Waals surface area contributed by atoms with Gasteiger partial charge >= 0.3 is 0 Å². The lowest BCUT2D eigenvalue weighted by Crippen LogP contribution is -2.34. The lowest BCUT2D eigenvalue weighted by atomic mass is 10.1. The number of ether oxygens (including phenoxy) is 3. The van der Waals surface area contributed by atoms with Crippen LogP contribution in [0, 0.1) is 0 Å². The maximum atomic E-state index is 13.7. The number of amides is 3. The van der Waals surface area contributed by atoms with Crippen LogP contribution in [0.15, 0.2) is 66.7 Å². The summed E-state index contributed by atoms with van der Waals surface area (Å²) >= 11 is 1.41. The maximum Gasteiger partial charge on any atom is 0.248 e. The average Bonchev–Trinajstić information content (AvgIpc) is 3.32. The first-order chi connectivity index (χ1) is 20.3. The van der Waals surface area contributed by atoms with Crippen molar-refractivity contribution in [3.63, 3.8) is 0 Å². The molecule has 0 aliphatic carbocycles. The monoisotopic (exact) mass is 591 g/mol. The van der Waals surface area contributed by atoms with Gasteiger partial charge in [-0.1, -0.05) is 31.2 Å². The Morgan fingerprint density at radius 2 is 1.79 bits per heavy atom. The number of carbonyl (C=O) groups is 3. The summed E-state index contributed by atoms with van der Waals surface area (Å²) in [5.41, 5.74) is 8.25. The molecule has 0 saturated carbocycles. The Balaban J connectivity index is 1.46. The van der Waals surface area contributed by atoms with Crippen LogP contribution >= 0.6 is 11.8 Å². The van der Waals surface area contributed by atoms with Crippen LogP contribution in [-0.4, -0.2) is 49.8 Å². The largest absolute Gasteiger partial charge is 0.494 e. The van der Waals surface area contributed by atoms with Crippen molar-refractivity contribution in [2.24, 2.45) is 5.73 Å². The second-order valence-corrected chi connectivity index (χ2v) is 11.0. The first-order valence-electron chi connectivity index (χ1n) is 14.0. The molecule has 3 aromatic carbocycles. The number of thioether (sulfide) groups is 1. The van der Waals surface area contributed by atoms with Gasteiger partial charge in [0.25, 0.3) is 0 Å². The fraction of sp³-hybridized carbons (Fsp3) is 0.344. The maximum absolute atomic E-state index is 13.7. The molecular weight excluding hydrogens is 554 g/mol. The Labute approximate surface area is 250 Å². The van der Waals surface area contributed by atoms with Crippen LogP contribution in [0.1, 0.15) is 53.5 Å². The zero-order chi connectivity index (χ0) is 30.1. The predicted molar refractivity (Wildman–Crippen MR) is 164 cm³/mol. The molecule has 4 rings (SSSR count). The van der Waals surface area contributed by atoms with Gasteiger partial charge < -0.3 is 25.3 Å². The van der Waals surface area contributed by atoms with Gasteiger partial charge in [0.2, 0.25) is 17.7 Å². The summed E-state index contributed by atoms with van der Waals surface area (Å²) in [5, 5.41) is 1.95. The minimum atomic E-state index is -0.603. The molecule has 1 fully saturated rings. The van der Waals surface area contributed by atoms with Crippen molar-refractivity contribution in [3.05, 3.63) is 83.4 Å². The summed E-state index contributed by atoms with van der Waals surface area (Å²) in [6.45, 7) is 5.50. The number of benzene rings is 3. The molecule has 3 N–H and O–H groups in total. The van der Waals surface area contributed by atoms with Crippen molar-refractivity contribution in [1.29, 1.82) is 0 Å². The third-order valence-electron chi connectivity index (χ3n) is 6.72. The predicted octanol–water partition coefficient (Wildman–Crippen LogP) is 4.88. The molecule has 0 radical (unpaired) electrons. The van der Waals surface area contributed by atoms with E-state index in [-0.39, 0.29) is 18.2 Å². The van der Waals surface area contributed by atoms with Crippen LogP contribution in [0.5, 0.6) is 17.2 Å². The fourth-order valence-electron chi connectivity index (χ4n) is 4.66. The van der Waals surface area contributed by atoms with Crippen molar-refractivity contribution in [2.75, 3.05) is 31.8 Å². The zero-order valence-electron chi connectivity index (χ0n) is 24.1. The van der Waals surface area contributed by atoms with Gasteiger partial charge in [0.05, 0.1) is 25.6 Å². The number of nitrogens with one attached hydrogen (secondary N) is 1. The lowest BCUT2D eigenvalue weighted by Gasteiger charge is -2.25. The number of anilines is 1. The summed E-state index contributed by atoms with van der Waals surface area (Å²) in [6.07, 6.45) is 1.52. The number of hydrogen-bond donors (Lipinski definition) is 2. The van der Waals surface area contributed by atoms with E-state index in [9.17, 15) is 14.4 Å². The molecule has 1 aliphatic rings. The van der Waals surface area contributed by atoms with Gasteiger partial charge in [0.1, 0.15) is 11.1 Å². The molecule has 0 unspecified atom stereocenters. The molecule has 1 aliphatic heterocycles. The molecule has 9 nitrogen and oxygen atoms in total. The van der Waals surface area contributed by atoms with Gasteiger partial charge in [-0.25, -0.2) is 0 Å². The Hall–Kier alpha value is -4.18. The van der Waals surface area contributed by atoms with E-state index >= 15 is 0 Å². The van der Waals surface area contributed by atoms with Gasteiger partial charge in [0, 0.05) is 24.2 Å². The van der Waals surface area contributed by atoms with Crippen molar-refractivity contribution in [1.82, 2.24) is 5.32 Å². The third-order valence-corrected chi connectivity index (χ3v) is 8.16. The number of hydrogen-bond acceptors (Lipinski definition) is 7. The van der Waals surface area contributed by atoms with Crippen LogP contribution in [0.25, 0.3) is 0 Å². The third kappa shape index (κ3) is 7.55. The van der Waals surface area contributed by atoms with Crippen molar-refractivity contribution in [3.8, 4) is 17.2 Å². The van der Waals surface area contributed by atoms with E-state index in [1.165, 1.54) is 11.8 Å². The quantitative estimate of drug-likeness (QED) is 0.274. The molecule has 1 heterocycles. The SMILES string of the molecule is CCCOc1ccc([C@@H]2S[C@H](CC(=O)NCCc3ccc(OC)c(OCC)c3)C(=O)N2c2cccc(C(N)=O)c2)cc1. The highest BCUT2D eigenvalue weighted by Gasteiger charge is 2.43. The fourth-order valence-corrected chi connectivity index (χ4v) is 6.11.